The van der Waals surface area contributed by atoms with Crippen molar-refractivity contribution in [3.8, 4) is 0 Å². The maximum absolute atomic E-state index is 11.6. The standard InChI is InChI=1S/C8H16N2O5S/c11-6-3-9-16(14,15)10-4-1-7(2-5-10)8(12)13/h7,9,11H,1-6H2,(H,12,13). The van der Waals surface area contributed by atoms with E-state index in [4.69, 9.17) is 10.2 Å². The lowest BCUT2D eigenvalue weighted by Crippen LogP contribution is -2.46. The number of rotatable bonds is 5. The van der Waals surface area contributed by atoms with Crippen molar-refractivity contribution in [1.82, 2.24) is 9.03 Å². The van der Waals surface area contributed by atoms with Crippen LogP contribution in [-0.2, 0) is 15.0 Å². The molecule has 1 aliphatic heterocycles. The number of aliphatic hydroxyl groups is 1. The Labute approximate surface area is 94.2 Å². The minimum Gasteiger partial charge on any atom is -0.481 e. The van der Waals surface area contributed by atoms with Gasteiger partial charge in [0.05, 0.1) is 12.5 Å². The molecule has 0 atom stereocenters. The largest absolute Gasteiger partial charge is 0.481 e. The Balaban J connectivity index is 2.50. The molecule has 8 heteroatoms. The van der Waals surface area contributed by atoms with E-state index < -0.39 is 22.1 Å². The summed E-state index contributed by atoms with van der Waals surface area (Å²) in [5.41, 5.74) is 0. The monoisotopic (exact) mass is 252 g/mol. The van der Waals surface area contributed by atoms with E-state index in [0.717, 1.165) is 0 Å². The van der Waals surface area contributed by atoms with Gasteiger partial charge in [-0.1, -0.05) is 0 Å². The van der Waals surface area contributed by atoms with E-state index in [1.165, 1.54) is 4.31 Å². The third-order valence-corrected chi connectivity index (χ3v) is 4.15. The molecule has 0 radical (unpaired) electrons. The molecule has 0 saturated carbocycles. The fourth-order valence-corrected chi connectivity index (χ4v) is 2.83. The minimum atomic E-state index is -3.56. The van der Waals surface area contributed by atoms with Crippen LogP contribution < -0.4 is 4.72 Å². The highest BCUT2D eigenvalue weighted by molar-refractivity contribution is 7.87. The predicted molar refractivity (Wildman–Crippen MR) is 55.9 cm³/mol. The molecule has 16 heavy (non-hydrogen) atoms. The van der Waals surface area contributed by atoms with Gasteiger partial charge < -0.3 is 10.2 Å². The second kappa shape index (κ2) is 5.58. The van der Waals surface area contributed by atoms with Gasteiger partial charge in [0, 0.05) is 19.6 Å². The number of hydrogen-bond acceptors (Lipinski definition) is 4. The van der Waals surface area contributed by atoms with Gasteiger partial charge in [-0.05, 0) is 12.8 Å². The lowest BCUT2D eigenvalue weighted by Gasteiger charge is -2.29. The zero-order valence-corrected chi connectivity index (χ0v) is 9.61. The van der Waals surface area contributed by atoms with Crippen molar-refractivity contribution in [1.29, 1.82) is 0 Å². The first kappa shape index (κ1) is 13.4. The smallest absolute Gasteiger partial charge is 0.306 e. The SMILES string of the molecule is O=C(O)C1CCN(S(=O)(=O)NCCO)CC1. The molecule has 0 spiro atoms. The van der Waals surface area contributed by atoms with Gasteiger partial charge >= 0.3 is 5.97 Å². The highest BCUT2D eigenvalue weighted by Crippen LogP contribution is 2.18. The molecule has 3 N–H and O–H groups in total. The van der Waals surface area contributed by atoms with E-state index in [0.29, 0.717) is 12.8 Å². The summed E-state index contributed by atoms with van der Waals surface area (Å²) in [5, 5.41) is 17.3. The first-order valence-corrected chi connectivity index (χ1v) is 6.50. The van der Waals surface area contributed by atoms with Crippen LogP contribution in [0.1, 0.15) is 12.8 Å². The zero-order valence-electron chi connectivity index (χ0n) is 8.79. The lowest BCUT2D eigenvalue weighted by atomic mass is 9.99. The number of carboxylic acids is 1. The van der Waals surface area contributed by atoms with Crippen LogP contribution in [0.15, 0.2) is 0 Å². The molecule has 1 aliphatic rings. The average molecular weight is 252 g/mol. The Hall–Kier alpha value is -0.700. The third kappa shape index (κ3) is 3.41. The van der Waals surface area contributed by atoms with Crippen molar-refractivity contribution in [2.75, 3.05) is 26.2 Å². The van der Waals surface area contributed by atoms with E-state index in [-0.39, 0.29) is 26.2 Å². The van der Waals surface area contributed by atoms with E-state index in [1.807, 2.05) is 0 Å². The van der Waals surface area contributed by atoms with Crippen molar-refractivity contribution < 1.29 is 23.4 Å². The molecular formula is C8H16N2O5S. The number of piperidine rings is 1. The highest BCUT2D eigenvalue weighted by atomic mass is 32.2. The fraction of sp³-hybridized carbons (Fsp3) is 0.875. The van der Waals surface area contributed by atoms with Crippen molar-refractivity contribution in [3.63, 3.8) is 0 Å². The Morgan fingerprint density at radius 1 is 1.38 bits per heavy atom. The molecule has 1 fully saturated rings. The van der Waals surface area contributed by atoms with Gasteiger partial charge in [-0.3, -0.25) is 4.79 Å². The van der Waals surface area contributed by atoms with Crippen LogP contribution in [0.3, 0.4) is 0 Å². The Morgan fingerprint density at radius 3 is 2.38 bits per heavy atom. The maximum atomic E-state index is 11.6. The molecule has 0 amide bonds. The number of carbonyl (C=O) groups is 1. The van der Waals surface area contributed by atoms with Crippen LogP contribution in [0.5, 0.6) is 0 Å². The van der Waals surface area contributed by atoms with E-state index in [1.54, 1.807) is 0 Å². The van der Waals surface area contributed by atoms with Crippen molar-refractivity contribution in [2.45, 2.75) is 12.8 Å². The molecular weight excluding hydrogens is 236 g/mol. The molecule has 94 valence electrons. The van der Waals surface area contributed by atoms with Crippen LogP contribution >= 0.6 is 0 Å². The van der Waals surface area contributed by atoms with Crippen molar-refractivity contribution in [2.24, 2.45) is 5.92 Å². The average Bonchev–Trinajstić information content (AvgIpc) is 2.26. The fourth-order valence-electron chi connectivity index (χ4n) is 1.61. The second-order valence-corrected chi connectivity index (χ2v) is 5.39. The molecule has 1 heterocycles. The molecule has 1 rings (SSSR count). The Kier molecular flexibility index (Phi) is 4.66. The lowest BCUT2D eigenvalue weighted by molar-refractivity contribution is -0.142. The van der Waals surface area contributed by atoms with Crippen LogP contribution in [-0.4, -0.2) is 55.1 Å². The number of nitrogens with one attached hydrogen (secondary N) is 1. The highest BCUT2D eigenvalue weighted by Gasteiger charge is 2.30. The summed E-state index contributed by atoms with van der Waals surface area (Å²) < 4.78 is 26.6. The van der Waals surface area contributed by atoms with Crippen molar-refractivity contribution in [3.05, 3.63) is 0 Å². The van der Waals surface area contributed by atoms with Crippen molar-refractivity contribution >= 4 is 16.2 Å². The number of carboxylic acid groups (broad SMARTS) is 1. The van der Waals surface area contributed by atoms with Gasteiger partial charge in [0.2, 0.25) is 0 Å². The summed E-state index contributed by atoms with van der Waals surface area (Å²) in [6.07, 6.45) is 0.657. The molecule has 0 aromatic carbocycles. The van der Waals surface area contributed by atoms with Gasteiger partial charge in [-0.15, -0.1) is 0 Å². The van der Waals surface area contributed by atoms with Gasteiger partial charge in [-0.2, -0.15) is 17.4 Å². The number of hydrogen-bond donors (Lipinski definition) is 3. The molecule has 0 aromatic heterocycles. The number of aliphatic hydroxyl groups excluding tert-OH is 1. The van der Waals surface area contributed by atoms with Crippen LogP contribution in [0.4, 0.5) is 0 Å². The summed E-state index contributed by atoms with van der Waals surface area (Å²) >= 11 is 0. The topological polar surface area (TPSA) is 107 Å². The summed E-state index contributed by atoms with van der Waals surface area (Å²) in [4.78, 5) is 10.7. The Bertz CT molecular complexity index is 334. The minimum absolute atomic E-state index is 0.0266. The normalized spacial score (nSPS) is 19.8. The van der Waals surface area contributed by atoms with Crippen LogP contribution in [0.25, 0.3) is 0 Å². The first-order valence-electron chi connectivity index (χ1n) is 5.06. The predicted octanol–water partition coefficient (Wildman–Crippen LogP) is -1.39. The van der Waals surface area contributed by atoms with Gasteiger partial charge in [0.1, 0.15) is 0 Å². The molecule has 0 unspecified atom stereocenters. The molecule has 0 aromatic rings. The quantitative estimate of drug-likeness (QED) is 0.558. The first-order chi connectivity index (χ1) is 7.47. The molecule has 0 aliphatic carbocycles. The number of aliphatic carboxylic acids is 1. The summed E-state index contributed by atoms with van der Waals surface area (Å²) in [6, 6.07) is 0. The summed E-state index contributed by atoms with van der Waals surface area (Å²) in [7, 11) is -3.56. The van der Waals surface area contributed by atoms with E-state index in [9.17, 15) is 13.2 Å². The zero-order chi connectivity index (χ0) is 12.2. The molecule has 7 nitrogen and oxygen atoms in total. The van der Waals surface area contributed by atoms with Gasteiger partial charge in [0.15, 0.2) is 0 Å². The van der Waals surface area contributed by atoms with Gasteiger partial charge in [-0.25, -0.2) is 0 Å². The second-order valence-electron chi connectivity index (χ2n) is 3.63. The van der Waals surface area contributed by atoms with Crippen LogP contribution in [0, 0.1) is 5.92 Å². The molecule has 1 saturated heterocycles. The summed E-state index contributed by atoms with van der Waals surface area (Å²) in [5.74, 6) is -1.33. The maximum Gasteiger partial charge on any atom is 0.306 e. The van der Waals surface area contributed by atoms with E-state index >= 15 is 0 Å². The Morgan fingerprint density at radius 2 is 1.94 bits per heavy atom. The van der Waals surface area contributed by atoms with Gasteiger partial charge in [0.25, 0.3) is 10.2 Å². The summed E-state index contributed by atoms with van der Waals surface area (Å²) in [6.45, 7) is 0.126. The number of nitrogens with zero attached hydrogens (tertiary/aromatic N) is 1. The third-order valence-electron chi connectivity index (χ3n) is 2.54. The molecule has 0 bridgehead atoms. The van der Waals surface area contributed by atoms with E-state index in [2.05, 4.69) is 4.72 Å². The van der Waals surface area contributed by atoms with Crippen LogP contribution in [0.2, 0.25) is 0 Å².